The first kappa shape index (κ1) is 5.88. The summed E-state index contributed by atoms with van der Waals surface area (Å²) in [4.78, 5) is 10.4. The molecule has 0 fully saturated rings. The highest BCUT2D eigenvalue weighted by Crippen LogP contribution is 2.13. The second-order valence-corrected chi connectivity index (χ2v) is 1.67. The van der Waals surface area contributed by atoms with Gasteiger partial charge in [-0.2, -0.15) is 0 Å². The molecule has 1 heterocycles. The number of carbonyl (C=O) groups excluding carboxylic acids is 1. The lowest BCUT2D eigenvalue weighted by Gasteiger charge is -1.94. The van der Waals surface area contributed by atoms with Gasteiger partial charge >= 0.3 is 5.97 Å². The number of nitrogens with two attached hydrogens (primary N) is 1. The Labute approximate surface area is 52.8 Å². The van der Waals surface area contributed by atoms with Gasteiger partial charge in [-0.25, -0.2) is 4.79 Å². The van der Waals surface area contributed by atoms with Crippen LogP contribution in [0.3, 0.4) is 0 Å². The second-order valence-electron chi connectivity index (χ2n) is 1.67. The molecule has 1 aliphatic heterocycles. The summed E-state index contributed by atoms with van der Waals surface area (Å²) >= 11 is 0. The molecule has 0 bridgehead atoms. The van der Waals surface area contributed by atoms with Gasteiger partial charge in [-0.1, -0.05) is 0 Å². The summed E-state index contributed by atoms with van der Waals surface area (Å²) in [7, 11) is 0. The molecule has 0 amide bonds. The largest absolute Gasteiger partial charge is 0.421 e. The van der Waals surface area contributed by atoms with Gasteiger partial charge in [0.05, 0.1) is 11.8 Å². The SMILES string of the molecule is C/C=C1\OC(=O)C=C1N. The summed E-state index contributed by atoms with van der Waals surface area (Å²) < 4.78 is 4.63. The highest BCUT2D eigenvalue weighted by atomic mass is 16.5. The average molecular weight is 125 g/mol. The van der Waals surface area contributed by atoms with E-state index < -0.39 is 0 Å². The molecule has 0 radical (unpaired) electrons. The van der Waals surface area contributed by atoms with E-state index >= 15 is 0 Å². The molecule has 9 heavy (non-hydrogen) atoms. The standard InChI is InChI=1S/C6H7NO2/c1-2-5-4(7)3-6(8)9-5/h2-3H,7H2,1H3/b5-2-. The second kappa shape index (κ2) is 1.93. The fourth-order valence-corrected chi connectivity index (χ4v) is 0.620. The third-order valence-corrected chi connectivity index (χ3v) is 1.03. The van der Waals surface area contributed by atoms with E-state index in [2.05, 4.69) is 4.74 Å². The Morgan fingerprint density at radius 2 is 2.44 bits per heavy atom. The highest BCUT2D eigenvalue weighted by Gasteiger charge is 2.15. The molecule has 0 aliphatic carbocycles. The van der Waals surface area contributed by atoms with Crippen LogP contribution in [-0.2, 0) is 9.53 Å². The van der Waals surface area contributed by atoms with Gasteiger partial charge < -0.3 is 10.5 Å². The van der Waals surface area contributed by atoms with Crippen molar-refractivity contribution >= 4 is 5.97 Å². The van der Waals surface area contributed by atoms with Crippen LogP contribution in [0.1, 0.15) is 6.92 Å². The van der Waals surface area contributed by atoms with Crippen molar-refractivity contribution < 1.29 is 9.53 Å². The number of rotatable bonds is 0. The van der Waals surface area contributed by atoms with Crippen molar-refractivity contribution in [2.75, 3.05) is 0 Å². The van der Waals surface area contributed by atoms with Crippen LogP contribution in [0.2, 0.25) is 0 Å². The van der Waals surface area contributed by atoms with Crippen molar-refractivity contribution in [1.29, 1.82) is 0 Å². The fraction of sp³-hybridized carbons (Fsp3) is 0.167. The number of cyclic esters (lactones) is 1. The highest BCUT2D eigenvalue weighted by molar-refractivity contribution is 5.87. The maximum atomic E-state index is 10.4. The molecule has 3 nitrogen and oxygen atoms in total. The lowest BCUT2D eigenvalue weighted by molar-refractivity contribution is -0.132. The molecule has 0 spiro atoms. The number of carbonyl (C=O) groups is 1. The molecule has 0 saturated carbocycles. The van der Waals surface area contributed by atoms with Gasteiger partial charge in [0.1, 0.15) is 5.76 Å². The summed E-state index contributed by atoms with van der Waals surface area (Å²) in [6.07, 6.45) is 2.91. The van der Waals surface area contributed by atoms with Crippen LogP contribution in [0.4, 0.5) is 0 Å². The monoisotopic (exact) mass is 125 g/mol. The molecule has 3 heteroatoms. The zero-order chi connectivity index (χ0) is 6.85. The van der Waals surface area contributed by atoms with Crippen LogP contribution >= 0.6 is 0 Å². The van der Waals surface area contributed by atoms with Crippen LogP contribution in [-0.4, -0.2) is 5.97 Å². The Balaban J connectivity index is 2.89. The molecule has 0 atom stereocenters. The van der Waals surface area contributed by atoms with E-state index in [1.54, 1.807) is 13.0 Å². The normalized spacial score (nSPS) is 22.1. The topological polar surface area (TPSA) is 52.3 Å². The van der Waals surface area contributed by atoms with Crippen LogP contribution in [0.15, 0.2) is 23.6 Å². The molecule has 2 N–H and O–H groups in total. The molecule has 48 valence electrons. The van der Waals surface area contributed by atoms with Gasteiger partial charge in [-0.15, -0.1) is 0 Å². The number of hydrogen-bond acceptors (Lipinski definition) is 3. The number of esters is 1. The number of ether oxygens (including phenoxy) is 1. The first-order valence-electron chi connectivity index (χ1n) is 2.59. The van der Waals surface area contributed by atoms with Crippen LogP contribution in [0.5, 0.6) is 0 Å². The van der Waals surface area contributed by atoms with Crippen molar-refractivity contribution in [3.8, 4) is 0 Å². The third kappa shape index (κ3) is 0.937. The van der Waals surface area contributed by atoms with E-state index in [-0.39, 0.29) is 5.97 Å². The van der Waals surface area contributed by atoms with Gasteiger partial charge in [-0.05, 0) is 13.0 Å². The molecule has 1 rings (SSSR count). The Hall–Kier alpha value is -1.25. The lowest BCUT2D eigenvalue weighted by Crippen LogP contribution is -1.96. The van der Waals surface area contributed by atoms with Crippen LogP contribution in [0, 0.1) is 0 Å². The van der Waals surface area contributed by atoms with Gasteiger partial charge in [-0.3, -0.25) is 0 Å². The summed E-state index contributed by atoms with van der Waals surface area (Å²) in [5.74, 6) is 0.0700. The van der Waals surface area contributed by atoms with E-state index in [1.165, 1.54) is 6.08 Å². The zero-order valence-corrected chi connectivity index (χ0v) is 5.05. The quantitative estimate of drug-likeness (QED) is 0.473. The fourth-order valence-electron chi connectivity index (χ4n) is 0.620. The lowest BCUT2D eigenvalue weighted by atomic mass is 10.4. The van der Waals surface area contributed by atoms with Crippen molar-refractivity contribution in [2.24, 2.45) is 5.73 Å². The van der Waals surface area contributed by atoms with Gasteiger partial charge in [0.2, 0.25) is 0 Å². The van der Waals surface area contributed by atoms with E-state index in [4.69, 9.17) is 5.73 Å². The molecule has 0 aromatic heterocycles. The van der Waals surface area contributed by atoms with Crippen molar-refractivity contribution in [1.82, 2.24) is 0 Å². The molecule has 0 aromatic carbocycles. The molecular formula is C6H7NO2. The smallest absolute Gasteiger partial charge is 0.338 e. The minimum absolute atomic E-state index is 0.388. The Morgan fingerprint density at radius 1 is 1.78 bits per heavy atom. The predicted octanol–water partition coefficient (Wildman–Crippen LogP) is 0.290. The molecule has 0 unspecified atom stereocenters. The molecular weight excluding hydrogens is 118 g/mol. The van der Waals surface area contributed by atoms with Gasteiger partial charge in [0.15, 0.2) is 0 Å². The average Bonchev–Trinajstić information content (AvgIpc) is 2.10. The first-order valence-corrected chi connectivity index (χ1v) is 2.59. The summed E-state index contributed by atoms with van der Waals surface area (Å²) in [6, 6.07) is 0. The maximum Gasteiger partial charge on any atom is 0.338 e. The van der Waals surface area contributed by atoms with Crippen LogP contribution < -0.4 is 5.73 Å². The Morgan fingerprint density at radius 3 is 2.67 bits per heavy atom. The van der Waals surface area contributed by atoms with E-state index in [9.17, 15) is 4.79 Å². The van der Waals surface area contributed by atoms with Crippen molar-refractivity contribution in [3.05, 3.63) is 23.6 Å². The summed E-state index contributed by atoms with van der Waals surface area (Å²) in [6.45, 7) is 1.76. The van der Waals surface area contributed by atoms with E-state index in [0.29, 0.717) is 11.5 Å². The van der Waals surface area contributed by atoms with E-state index in [1.807, 2.05) is 0 Å². The summed E-state index contributed by atoms with van der Waals surface area (Å²) in [5.41, 5.74) is 5.73. The third-order valence-electron chi connectivity index (χ3n) is 1.03. The Kier molecular flexibility index (Phi) is 1.26. The van der Waals surface area contributed by atoms with Gasteiger partial charge in [0, 0.05) is 0 Å². The zero-order valence-electron chi connectivity index (χ0n) is 5.05. The van der Waals surface area contributed by atoms with E-state index in [0.717, 1.165) is 0 Å². The molecule has 0 saturated heterocycles. The molecule has 1 aliphatic rings. The summed E-state index contributed by atoms with van der Waals surface area (Å²) in [5, 5.41) is 0. The first-order chi connectivity index (χ1) is 4.24. The van der Waals surface area contributed by atoms with Crippen LogP contribution in [0.25, 0.3) is 0 Å². The predicted molar refractivity (Wildman–Crippen MR) is 32.1 cm³/mol. The minimum atomic E-state index is -0.388. The molecule has 0 aromatic rings. The Bertz CT molecular complexity index is 203. The van der Waals surface area contributed by atoms with Gasteiger partial charge in [0.25, 0.3) is 0 Å². The maximum absolute atomic E-state index is 10.4. The minimum Gasteiger partial charge on any atom is -0.421 e. The number of allylic oxidation sites excluding steroid dienone is 1. The number of hydrogen-bond donors (Lipinski definition) is 1. The van der Waals surface area contributed by atoms with Crippen molar-refractivity contribution in [2.45, 2.75) is 6.92 Å². The van der Waals surface area contributed by atoms with Crippen molar-refractivity contribution in [3.63, 3.8) is 0 Å².